The highest BCUT2D eigenvalue weighted by Crippen LogP contribution is 2.18. The second kappa shape index (κ2) is 30.8. The summed E-state index contributed by atoms with van der Waals surface area (Å²) in [5, 5.41) is 11.9. The minimum absolute atomic E-state index is 0.0253. The van der Waals surface area contributed by atoms with Gasteiger partial charge in [-0.05, 0) is 57.9 Å². The Morgan fingerprint density at radius 3 is 1.48 bits per heavy atom. The molecule has 2 unspecified atom stereocenters. The molecule has 0 heterocycles. The molecule has 0 aliphatic rings. The standard InChI is InChI=1S/C35H68N2O5/c1-3-5-7-9-11-12-13-14-19-23-29-34(39)42-31(25-20-16-10-8-6-4-2)26-21-17-15-18-22-28-33(38)37-32(35(40)41)27-24-30-36/h31-32H,3-30,36H2,1-2H3,(H,37,38)(H,40,41). The van der Waals surface area contributed by atoms with Gasteiger partial charge in [-0.15, -0.1) is 0 Å². The number of nitrogens with two attached hydrogens (primary N) is 1. The molecular weight excluding hydrogens is 528 g/mol. The van der Waals surface area contributed by atoms with E-state index < -0.39 is 12.0 Å². The van der Waals surface area contributed by atoms with Gasteiger partial charge in [0.15, 0.2) is 0 Å². The van der Waals surface area contributed by atoms with E-state index in [1.807, 2.05) is 0 Å². The molecule has 0 aromatic rings. The molecular formula is C35H68N2O5. The number of carbonyl (C=O) groups is 3. The summed E-state index contributed by atoms with van der Waals surface area (Å²) in [6.07, 6.45) is 28.6. The lowest BCUT2D eigenvalue weighted by atomic mass is 10.0. The van der Waals surface area contributed by atoms with E-state index in [-0.39, 0.29) is 18.0 Å². The van der Waals surface area contributed by atoms with Gasteiger partial charge in [-0.25, -0.2) is 4.79 Å². The highest BCUT2D eigenvalue weighted by atomic mass is 16.5. The molecule has 0 bridgehead atoms. The fraction of sp³-hybridized carbons (Fsp3) is 0.914. The van der Waals surface area contributed by atoms with E-state index in [2.05, 4.69) is 19.2 Å². The summed E-state index contributed by atoms with van der Waals surface area (Å²) < 4.78 is 5.96. The topological polar surface area (TPSA) is 119 Å². The van der Waals surface area contributed by atoms with Crippen molar-refractivity contribution in [2.45, 2.75) is 199 Å². The predicted octanol–water partition coefficient (Wildman–Crippen LogP) is 9.00. The molecule has 0 rings (SSSR count). The largest absolute Gasteiger partial charge is 0.480 e. The van der Waals surface area contributed by atoms with Gasteiger partial charge in [0.2, 0.25) is 5.91 Å². The SMILES string of the molecule is CCCCCCCCCCCCC(=O)OC(CCCCCCCC)CCCCCCCC(=O)NC(CCCN)C(=O)O. The average Bonchev–Trinajstić information content (AvgIpc) is 2.97. The Morgan fingerprint density at radius 2 is 1.02 bits per heavy atom. The molecule has 42 heavy (non-hydrogen) atoms. The first-order chi connectivity index (χ1) is 20.4. The second-order valence-electron chi connectivity index (χ2n) is 12.3. The van der Waals surface area contributed by atoms with Gasteiger partial charge < -0.3 is 20.9 Å². The van der Waals surface area contributed by atoms with E-state index in [0.29, 0.717) is 32.2 Å². The molecule has 7 heteroatoms. The first-order valence-corrected chi connectivity index (χ1v) is 17.9. The minimum Gasteiger partial charge on any atom is -0.480 e. The van der Waals surface area contributed by atoms with Crippen LogP contribution in [0.2, 0.25) is 0 Å². The molecule has 0 aromatic heterocycles. The Kier molecular flexibility index (Phi) is 29.6. The third-order valence-electron chi connectivity index (χ3n) is 8.17. The number of aliphatic carboxylic acids is 1. The number of carboxylic acid groups (broad SMARTS) is 1. The van der Waals surface area contributed by atoms with Crippen molar-refractivity contribution in [3.63, 3.8) is 0 Å². The lowest BCUT2D eigenvalue weighted by Crippen LogP contribution is -2.40. The van der Waals surface area contributed by atoms with Gasteiger partial charge in [0, 0.05) is 12.8 Å². The number of unbranched alkanes of at least 4 members (excludes halogenated alkanes) is 18. The third kappa shape index (κ3) is 27.2. The zero-order valence-corrected chi connectivity index (χ0v) is 27.6. The van der Waals surface area contributed by atoms with Crippen molar-refractivity contribution in [3.05, 3.63) is 0 Å². The lowest BCUT2D eigenvalue weighted by Gasteiger charge is -2.18. The van der Waals surface area contributed by atoms with Crippen LogP contribution in [-0.2, 0) is 19.1 Å². The van der Waals surface area contributed by atoms with E-state index in [1.165, 1.54) is 83.5 Å². The van der Waals surface area contributed by atoms with Crippen LogP contribution in [0.5, 0.6) is 0 Å². The highest BCUT2D eigenvalue weighted by molar-refractivity contribution is 5.83. The van der Waals surface area contributed by atoms with Crippen molar-refractivity contribution >= 4 is 17.8 Å². The summed E-state index contributed by atoms with van der Waals surface area (Å²) in [4.78, 5) is 36.0. The van der Waals surface area contributed by atoms with Crippen LogP contribution in [0.1, 0.15) is 187 Å². The maximum Gasteiger partial charge on any atom is 0.326 e. The van der Waals surface area contributed by atoms with Crippen molar-refractivity contribution < 1.29 is 24.2 Å². The molecule has 0 aromatic carbocycles. The van der Waals surface area contributed by atoms with Crippen LogP contribution in [0.3, 0.4) is 0 Å². The van der Waals surface area contributed by atoms with Gasteiger partial charge in [-0.2, -0.15) is 0 Å². The smallest absolute Gasteiger partial charge is 0.326 e. The summed E-state index contributed by atoms with van der Waals surface area (Å²) in [7, 11) is 0. The first kappa shape index (κ1) is 40.4. The maximum atomic E-state index is 12.6. The van der Waals surface area contributed by atoms with Crippen molar-refractivity contribution in [3.8, 4) is 0 Å². The molecule has 2 atom stereocenters. The number of hydrogen-bond donors (Lipinski definition) is 3. The monoisotopic (exact) mass is 597 g/mol. The molecule has 248 valence electrons. The number of esters is 1. The van der Waals surface area contributed by atoms with Crippen LogP contribution in [0.4, 0.5) is 0 Å². The first-order valence-electron chi connectivity index (χ1n) is 17.9. The van der Waals surface area contributed by atoms with E-state index >= 15 is 0 Å². The number of amides is 1. The Bertz CT molecular complexity index is 643. The fourth-order valence-corrected chi connectivity index (χ4v) is 5.45. The van der Waals surface area contributed by atoms with Gasteiger partial charge in [0.25, 0.3) is 0 Å². The fourth-order valence-electron chi connectivity index (χ4n) is 5.45. The number of rotatable bonds is 32. The number of carboxylic acids is 1. The molecule has 0 aliphatic carbocycles. The van der Waals surface area contributed by atoms with Crippen LogP contribution < -0.4 is 11.1 Å². The van der Waals surface area contributed by atoms with Crippen LogP contribution in [0, 0.1) is 0 Å². The quantitative estimate of drug-likeness (QED) is 0.0527. The normalized spacial score (nSPS) is 12.6. The van der Waals surface area contributed by atoms with Gasteiger partial charge in [-0.3, -0.25) is 9.59 Å². The lowest BCUT2D eigenvalue weighted by molar-refractivity contribution is -0.150. The van der Waals surface area contributed by atoms with E-state index in [1.54, 1.807) is 0 Å². The molecule has 4 N–H and O–H groups in total. The summed E-state index contributed by atoms with van der Waals surface area (Å²) in [5.74, 6) is -1.23. The Balaban J connectivity index is 4.18. The third-order valence-corrected chi connectivity index (χ3v) is 8.17. The van der Waals surface area contributed by atoms with Crippen LogP contribution in [0.25, 0.3) is 0 Å². The Hall–Kier alpha value is -1.63. The molecule has 0 radical (unpaired) electrons. The highest BCUT2D eigenvalue weighted by Gasteiger charge is 2.19. The predicted molar refractivity (Wildman–Crippen MR) is 175 cm³/mol. The number of nitrogens with one attached hydrogen (secondary N) is 1. The van der Waals surface area contributed by atoms with Crippen molar-refractivity contribution in [2.24, 2.45) is 5.73 Å². The van der Waals surface area contributed by atoms with Gasteiger partial charge in [0.05, 0.1) is 0 Å². The summed E-state index contributed by atoms with van der Waals surface area (Å²) in [5.41, 5.74) is 5.46. The summed E-state index contributed by atoms with van der Waals surface area (Å²) in [6.45, 7) is 4.90. The summed E-state index contributed by atoms with van der Waals surface area (Å²) >= 11 is 0. The number of hydrogen-bond acceptors (Lipinski definition) is 5. The zero-order valence-electron chi connectivity index (χ0n) is 27.6. The van der Waals surface area contributed by atoms with E-state index in [9.17, 15) is 19.5 Å². The van der Waals surface area contributed by atoms with Gasteiger partial charge in [0.1, 0.15) is 12.1 Å². The van der Waals surface area contributed by atoms with Gasteiger partial charge >= 0.3 is 11.9 Å². The Labute approximate surface area is 258 Å². The van der Waals surface area contributed by atoms with E-state index in [4.69, 9.17) is 10.5 Å². The number of ether oxygens (including phenoxy) is 1. The zero-order chi connectivity index (χ0) is 31.1. The summed E-state index contributed by atoms with van der Waals surface area (Å²) in [6, 6.07) is -0.850. The van der Waals surface area contributed by atoms with Crippen LogP contribution in [0.15, 0.2) is 0 Å². The van der Waals surface area contributed by atoms with Crippen molar-refractivity contribution in [1.29, 1.82) is 0 Å². The van der Waals surface area contributed by atoms with Crippen molar-refractivity contribution in [1.82, 2.24) is 5.32 Å². The second-order valence-corrected chi connectivity index (χ2v) is 12.3. The Morgan fingerprint density at radius 1 is 0.595 bits per heavy atom. The average molecular weight is 597 g/mol. The molecule has 0 saturated heterocycles. The molecule has 0 spiro atoms. The van der Waals surface area contributed by atoms with E-state index in [0.717, 1.165) is 64.2 Å². The molecule has 7 nitrogen and oxygen atoms in total. The van der Waals surface area contributed by atoms with Crippen LogP contribution >= 0.6 is 0 Å². The maximum absolute atomic E-state index is 12.6. The van der Waals surface area contributed by atoms with Crippen molar-refractivity contribution in [2.75, 3.05) is 6.54 Å². The number of carbonyl (C=O) groups excluding carboxylic acids is 2. The molecule has 0 aliphatic heterocycles. The minimum atomic E-state index is -1.00. The van der Waals surface area contributed by atoms with Crippen LogP contribution in [-0.4, -0.2) is 41.6 Å². The molecule has 0 saturated carbocycles. The van der Waals surface area contributed by atoms with Gasteiger partial charge in [-0.1, -0.05) is 123 Å². The molecule has 1 amide bonds. The molecule has 0 fully saturated rings.